The van der Waals surface area contributed by atoms with Crippen LogP contribution in [0.5, 0.6) is 0 Å². The fourth-order valence-electron chi connectivity index (χ4n) is 1.17. The van der Waals surface area contributed by atoms with Crippen molar-refractivity contribution in [1.29, 1.82) is 0 Å². The van der Waals surface area contributed by atoms with E-state index in [2.05, 4.69) is 52.4 Å². The number of halogens is 1. The maximum absolute atomic E-state index is 3.49. The van der Waals surface area contributed by atoms with Crippen LogP contribution in [0, 0.1) is 0 Å². The van der Waals surface area contributed by atoms with Crippen LogP contribution in [0.1, 0.15) is 18.9 Å². The second-order valence-corrected chi connectivity index (χ2v) is 3.77. The van der Waals surface area contributed by atoms with E-state index in [4.69, 9.17) is 0 Å². The molecule has 1 aromatic carbocycles. The number of benzene rings is 1. The number of alkyl halides is 1. The van der Waals surface area contributed by atoms with Crippen LogP contribution in [-0.4, -0.2) is 11.4 Å². The lowest BCUT2D eigenvalue weighted by molar-refractivity contribution is 0.543. The molecule has 1 atom stereocenters. The average molecular weight is 242 g/mol. The number of nitrogens with one attached hydrogen (secondary N) is 1. The molecule has 1 nitrogen and oxygen atoms in total. The van der Waals surface area contributed by atoms with Gasteiger partial charge in [0.25, 0.3) is 0 Å². The summed E-state index contributed by atoms with van der Waals surface area (Å²) in [5.74, 6) is 0. The zero-order chi connectivity index (χ0) is 9.52. The predicted molar refractivity (Wildman–Crippen MR) is 61.2 cm³/mol. The smallest absolute Gasteiger partial charge is 0.0208 e. The van der Waals surface area contributed by atoms with E-state index in [1.807, 2.05) is 6.07 Å². The second kappa shape index (κ2) is 6.17. The van der Waals surface area contributed by atoms with Crippen molar-refractivity contribution >= 4 is 15.9 Å². The lowest BCUT2D eigenvalue weighted by atomic mass is 10.2. The Bertz CT molecular complexity index is 219. The van der Waals surface area contributed by atoms with Crippen LogP contribution in [0.4, 0.5) is 0 Å². The number of hydrogen-bond acceptors (Lipinski definition) is 1. The summed E-state index contributed by atoms with van der Waals surface area (Å²) in [6.45, 7) is 3.16. The van der Waals surface area contributed by atoms with Gasteiger partial charge in [0.15, 0.2) is 0 Å². The van der Waals surface area contributed by atoms with Crippen LogP contribution in [0.3, 0.4) is 0 Å². The van der Waals surface area contributed by atoms with Crippen molar-refractivity contribution in [2.75, 3.05) is 5.33 Å². The number of hydrogen-bond donors (Lipinski definition) is 1. The van der Waals surface area contributed by atoms with Crippen molar-refractivity contribution in [3.05, 3.63) is 35.9 Å². The zero-order valence-electron chi connectivity index (χ0n) is 7.96. The molecule has 0 aliphatic rings. The summed E-state index contributed by atoms with van der Waals surface area (Å²) in [6.07, 6.45) is 1.16. The molecule has 0 amide bonds. The molecule has 0 unspecified atom stereocenters. The van der Waals surface area contributed by atoms with Gasteiger partial charge >= 0.3 is 0 Å². The molecule has 2 heteroatoms. The summed E-state index contributed by atoms with van der Waals surface area (Å²) in [6, 6.07) is 11.1. The van der Waals surface area contributed by atoms with Crippen molar-refractivity contribution in [3.8, 4) is 0 Å². The van der Waals surface area contributed by atoms with E-state index in [0.29, 0.717) is 6.04 Å². The topological polar surface area (TPSA) is 12.0 Å². The molecule has 1 rings (SSSR count). The molecule has 1 aromatic rings. The van der Waals surface area contributed by atoms with Gasteiger partial charge in [-0.3, -0.25) is 0 Å². The lowest BCUT2D eigenvalue weighted by Gasteiger charge is -2.13. The Morgan fingerprint density at radius 1 is 1.31 bits per heavy atom. The highest BCUT2D eigenvalue weighted by Gasteiger charge is 2.01. The molecule has 0 aromatic heterocycles. The Labute approximate surface area is 88.7 Å². The minimum atomic E-state index is 0.584. The third-order valence-electron chi connectivity index (χ3n) is 2.12. The molecule has 0 bridgehead atoms. The first-order valence-electron chi connectivity index (χ1n) is 4.70. The molecule has 0 spiro atoms. The minimum Gasteiger partial charge on any atom is -0.309 e. The van der Waals surface area contributed by atoms with Gasteiger partial charge in [0.2, 0.25) is 0 Å². The van der Waals surface area contributed by atoms with Gasteiger partial charge in [-0.1, -0.05) is 53.2 Å². The van der Waals surface area contributed by atoms with Gasteiger partial charge in [0.05, 0.1) is 0 Å². The van der Waals surface area contributed by atoms with Crippen LogP contribution in [0.25, 0.3) is 0 Å². The SMILES string of the molecule is CC[C@H](CBr)NCc1ccccc1. The Hall–Kier alpha value is -0.340. The van der Waals surface area contributed by atoms with Crippen molar-refractivity contribution in [3.63, 3.8) is 0 Å². The Kier molecular flexibility index (Phi) is 5.09. The maximum Gasteiger partial charge on any atom is 0.0208 e. The first-order chi connectivity index (χ1) is 6.36. The molecule has 72 valence electrons. The van der Waals surface area contributed by atoms with E-state index in [1.165, 1.54) is 5.56 Å². The van der Waals surface area contributed by atoms with Crippen molar-refractivity contribution in [2.24, 2.45) is 0 Å². The number of rotatable bonds is 5. The Morgan fingerprint density at radius 2 is 2.00 bits per heavy atom. The van der Waals surface area contributed by atoms with E-state index in [0.717, 1.165) is 18.3 Å². The highest BCUT2D eigenvalue weighted by molar-refractivity contribution is 9.09. The average Bonchev–Trinajstić information content (AvgIpc) is 2.21. The summed E-state index contributed by atoms with van der Waals surface area (Å²) < 4.78 is 0. The Morgan fingerprint density at radius 3 is 2.54 bits per heavy atom. The van der Waals surface area contributed by atoms with Gasteiger partial charge in [0, 0.05) is 17.9 Å². The molecule has 0 saturated heterocycles. The van der Waals surface area contributed by atoms with E-state index in [-0.39, 0.29) is 0 Å². The molecule has 1 N–H and O–H groups in total. The first kappa shape index (κ1) is 10.7. The molecule has 0 aliphatic heterocycles. The zero-order valence-corrected chi connectivity index (χ0v) is 9.55. The molecule has 0 radical (unpaired) electrons. The molecular formula is C11H16BrN. The molecular weight excluding hydrogens is 226 g/mol. The lowest BCUT2D eigenvalue weighted by Crippen LogP contribution is -2.29. The van der Waals surface area contributed by atoms with Crippen LogP contribution < -0.4 is 5.32 Å². The van der Waals surface area contributed by atoms with E-state index < -0.39 is 0 Å². The van der Waals surface area contributed by atoms with Crippen molar-refractivity contribution < 1.29 is 0 Å². The largest absolute Gasteiger partial charge is 0.309 e. The highest BCUT2D eigenvalue weighted by atomic mass is 79.9. The third kappa shape index (κ3) is 3.92. The van der Waals surface area contributed by atoms with Crippen molar-refractivity contribution in [1.82, 2.24) is 5.32 Å². The second-order valence-electron chi connectivity index (χ2n) is 3.13. The minimum absolute atomic E-state index is 0.584. The summed E-state index contributed by atoms with van der Waals surface area (Å²) in [5.41, 5.74) is 1.35. The molecule has 0 aliphatic carbocycles. The highest BCUT2D eigenvalue weighted by Crippen LogP contribution is 2.01. The van der Waals surface area contributed by atoms with Gasteiger partial charge in [-0.2, -0.15) is 0 Å². The van der Waals surface area contributed by atoms with Gasteiger partial charge in [0.1, 0.15) is 0 Å². The van der Waals surface area contributed by atoms with Crippen LogP contribution in [0.2, 0.25) is 0 Å². The van der Waals surface area contributed by atoms with E-state index >= 15 is 0 Å². The molecule has 0 saturated carbocycles. The van der Waals surface area contributed by atoms with Crippen LogP contribution >= 0.6 is 15.9 Å². The maximum atomic E-state index is 3.49. The van der Waals surface area contributed by atoms with Crippen LogP contribution in [-0.2, 0) is 6.54 Å². The van der Waals surface area contributed by atoms with Gasteiger partial charge in [-0.05, 0) is 12.0 Å². The monoisotopic (exact) mass is 241 g/mol. The quantitative estimate of drug-likeness (QED) is 0.783. The fraction of sp³-hybridized carbons (Fsp3) is 0.455. The first-order valence-corrected chi connectivity index (χ1v) is 5.82. The Balaban J connectivity index is 2.34. The van der Waals surface area contributed by atoms with Crippen molar-refractivity contribution in [2.45, 2.75) is 25.9 Å². The van der Waals surface area contributed by atoms with Gasteiger partial charge < -0.3 is 5.32 Å². The van der Waals surface area contributed by atoms with E-state index in [1.54, 1.807) is 0 Å². The van der Waals surface area contributed by atoms with Crippen LogP contribution in [0.15, 0.2) is 30.3 Å². The summed E-state index contributed by atoms with van der Waals surface area (Å²) >= 11 is 3.49. The third-order valence-corrected chi connectivity index (χ3v) is 2.90. The molecule has 13 heavy (non-hydrogen) atoms. The predicted octanol–water partition coefficient (Wildman–Crippen LogP) is 2.95. The van der Waals surface area contributed by atoms with Gasteiger partial charge in [-0.15, -0.1) is 0 Å². The summed E-state index contributed by atoms with van der Waals surface area (Å²) in [4.78, 5) is 0. The summed E-state index contributed by atoms with van der Waals surface area (Å²) in [5, 5.41) is 4.51. The standard InChI is InChI=1S/C11H16BrN/c1-2-11(8-12)13-9-10-6-4-3-5-7-10/h3-7,11,13H,2,8-9H2,1H3/t11-/m1/s1. The van der Waals surface area contributed by atoms with E-state index in [9.17, 15) is 0 Å². The molecule has 0 fully saturated rings. The normalized spacial score (nSPS) is 12.8. The fourth-order valence-corrected chi connectivity index (χ4v) is 1.85. The summed E-state index contributed by atoms with van der Waals surface area (Å²) in [7, 11) is 0. The molecule has 0 heterocycles. The van der Waals surface area contributed by atoms with Gasteiger partial charge in [-0.25, -0.2) is 0 Å².